The quantitative estimate of drug-likeness (QED) is 0.746. The first-order valence-corrected chi connectivity index (χ1v) is 7.59. The number of aromatic nitrogens is 2. The zero-order valence-electron chi connectivity index (χ0n) is 13.5. The van der Waals surface area contributed by atoms with Crippen molar-refractivity contribution >= 4 is 23.1 Å². The molecule has 0 fully saturated rings. The van der Waals surface area contributed by atoms with Crippen molar-refractivity contribution in [1.29, 1.82) is 0 Å². The fourth-order valence-electron chi connectivity index (χ4n) is 3.12. The summed E-state index contributed by atoms with van der Waals surface area (Å²) in [6, 6.07) is 0. The lowest BCUT2D eigenvalue weighted by molar-refractivity contribution is 0.459. The normalized spacial score (nSPS) is 19.8. The third-order valence-corrected chi connectivity index (χ3v) is 4.35. The second kappa shape index (κ2) is 4.76. The molecule has 2 aliphatic rings. The van der Waals surface area contributed by atoms with Gasteiger partial charge in [0, 0.05) is 13.6 Å². The number of nitrogens with zero attached hydrogens (tertiary/aromatic N) is 4. The second-order valence-electron chi connectivity index (χ2n) is 6.47. The highest BCUT2D eigenvalue weighted by Crippen LogP contribution is 2.39. The zero-order chi connectivity index (χ0) is 16.2. The van der Waals surface area contributed by atoms with Crippen LogP contribution in [-0.4, -0.2) is 32.6 Å². The average molecular weight is 315 g/mol. The van der Waals surface area contributed by atoms with Gasteiger partial charge in [-0.3, -0.25) is 9.67 Å². The molecule has 0 bridgehead atoms. The Balaban J connectivity index is 2.21. The monoisotopic (exact) mass is 314 g/mol. The van der Waals surface area contributed by atoms with Gasteiger partial charge in [0.05, 0.1) is 11.2 Å². The van der Waals surface area contributed by atoms with E-state index < -0.39 is 0 Å². The maximum atomic E-state index is 6.48. The molecular weight excluding hydrogens is 296 g/mol. The summed E-state index contributed by atoms with van der Waals surface area (Å²) >= 11 is 6.48. The van der Waals surface area contributed by atoms with Gasteiger partial charge in [0.15, 0.2) is 0 Å². The molecular formula is C17H19ClN4. The van der Waals surface area contributed by atoms with E-state index in [2.05, 4.69) is 49.7 Å². The maximum Gasteiger partial charge on any atom is 0.131 e. The lowest BCUT2D eigenvalue weighted by Gasteiger charge is -2.29. The minimum Gasteiger partial charge on any atom is -0.322 e. The van der Waals surface area contributed by atoms with Gasteiger partial charge in [-0.1, -0.05) is 17.7 Å². The average Bonchev–Trinajstić information content (AvgIpc) is 2.87. The van der Waals surface area contributed by atoms with Gasteiger partial charge in [-0.15, -0.1) is 6.42 Å². The van der Waals surface area contributed by atoms with E-state index in [1.165, 1.54) is 0 Å². The van der Waals surface area contributed by atoms with Gasteiger partial charge in [0.25, 0.3) is 0 Å². The lowest BCUT2D eigenvalue weighted by atomic mass is 10.0. The van der Waals surface area contributed by atoms with Crippen molar-refractivity contribution in [3.05, 3.63) is 33.6 Å². The maximum absolute atomic E-state index is 6.48. The third kappa shape index (κ3) is 2.08. The molecule has 0 amide bonds. The highest BCUT2D eigenvalue weighted by Gasteiger charge is 2.38. The molecule has 1 aromatic rings. The predicted molar refractivity (Wildman–Crippen MR) is 90.7 cm³/mol. The molecule has 5 heteroatoms. The minimum absolute atomic E-state index is 0.128. The summed E-state index contributed by atoms with van der Waals surface area (Å²) in [6.45, 7) is 9.22. The van der Waals surface area contributed by atoms with Crippen molar-refractivity contribution in [2.24, 2.45) is 12.0 Å². The first-order chi connectivity index (χ1) is 10.2. The molecule has 3 rings (SSSR count). The van der Waals surface area contributed by atoms with Gasteiger partial charge < -0.3 is 4.90 Å². The van der Waals surface area contributed by atoms with Crippen molar-refractivity contribution in [1.82, 2.24) is 14.7 Å². The van der Waals surface area contributed by atoms with Gasteiger partial charge in [0.2, 0.25) is 0 Å². The Hall–Kier alpha value is -1.99. The van der Waals surface area contributed by atoms with Gasteiger partial charge in [-0.2, -0.15) is 5.10 Å². The topological polar surface area (TPSA) is 33.4 Å². The molecule has 22 heavy (non-hydrogen) atoms. The lowest BCUT2D eigenvalue weighted by Crippen LogP contribution is -2.34. The van der Waals surface area contributed by atoms with Crippen LogP contribution >= 0.6 is 11.6 Å². The highest BCUT2D eigenvalue weighted by molar-refractivity contribution is 6.33. The van der Waals surface area contributed by atoms with Gasteiger partial charge in [-0.05, 0) is 44.8 Å². The number of fused-ring (bicyclic) bond motifs is 1. The van der Waals surface area contributed by atoms with Crippen LogP contribution < -0.4 is 0 Å². The summed E-state index contributed by atoms with van der Waals surface area (Å²) in [7, 11) is 1.81. The van der Waals surface area contributed by atoms with Crippen LogP contribution in [0.3, 0.4) is 0 Å². The Morgan fingerprint density at radius 3 is 2.64 bits per heavy atom. The molecule has 1 aromatic heterocycles. The van der Waals surface area contributed by atoms with E-state index in [-0.39, 0.29) is 5.54 Å². The fourth-order valence-corrected chi connectivity index (χ4v) is 3.43. The van der Waals surface area contributed by atoms with E-state index in [0.29, 0.717) is 10.7 Å². The van der Waals surface area contributed by atoms with Crippen molar-refractivity contribution in [2.75, 3.05) is 6.54 Å². The number of aryl methyl sites for hydroxylation is 1. The molecule has 0 saturated carbocycles. The van der Waals surface area contributed by atoms with Crippen LogP contribution in [0.25, 0.3) is 5.70 Å². The van der Waals surface area contributed by atoms with Crippen molar-refractivity contribution in [3.8, 4) is 12.3 Å². The van der Waals surface area contributed by atoms with Crippen molar-refractivity contribution in [2.45, 2.75) is 33.2 Å². The van der Waals surface area contributed by atoms with E-state index in [1.807, 2.05) is 7.05 Å². The number of terminal acetylenes is 1. The van der Waals surface area contributed by atoms with Gasteiger partial charge >= 0.3 is 0 Å². The van der Waals surface area contributed by atoms with E-state index in [4.69, 9.17) is 23.0 Å². The van der Waals surface area contributed by atoms with Gasteiger partial charge in [-0.25, -0.2) is 0 Å². The molecule has 0 N–H and O–H groups in total. The first kappa shape index (κ1) is 14.9. The molecule has 3 heterocycles. The molecule has 0 spiro atoms. The van der Waals surface area contributed by atoms with Crippen LogP contribution in [0.4, 0.5) is 0 Å². The number of amidine groups is 1. The summed E-state index contributed by atoms with van der Waals surface area (Å²) in [5.74, 6) is 3.60. The van der Waals surface area contributed by atoms with E-state index in [1.54, 1.807) is 4.68 Å². The Kier molecular flexibility index (Phi) is 3.23. The summed E-state index contributed by atoms with van der Waals surface area (Å²) in [5.41, 5.74) is 4.48. The summed E-state index contributed by atoms with van der Waals surface area (Å²) < 4.78 is 1.65. The molecule has 0 radical (unpaired) electrons. The van der Waals surface area contributed by atoms with Crippen LogP contribution in [0.15, 0.2) is 22.2 Å². The molecule has 0 unspecified atom stereocenters. The molecule has 0 aromatic carbocycles. The van der Waals surface area contributed by atoms with Crippen LogP contribution in [-0.2, 0) is 7.05 Å². The Morgan fingerprint density at radius 2 is 2.05 bits per heavy atom. The second-order valence-corrected chi connectivity index (χ2v) is 6.85. The summed E-state index contributed by atoms with van der Waals surface area (Å²) in [5, 5.41) is 5.07. The molecule has 114 valence electrons. The molecule has 0 aliphatic carbocycles. The largest absolute Gasteiger partial charge is 0.322 e. The van der Waals surface area contributed by atoms with E-state index >= 15 is 0 Å². The van der Waals surface area contributed by atoms with Crippen LogP contribution in [0.2, 0.25) is 5.02 Å². The molecule has 2 aliphatic heterocycles. The van der Waals surface area contributed by atoms with Crippen LogP contribution in [0.5, 0.6) is 0 Å². The minimum atomic E-state index is -0.128. The number of rotatable bonds is 1. The zero-order valence-corrected chi connectivity index (χ0v) is 14.3. The fraction of sp³-hybridized carbons (Fsp3) is 0.412. The van der Waals surface area contributed by atoms with E-state index in [0.717, 1.165) is 34.9 Å². The Bertz CT molecular complexity index is 799. The van der Waals surface area contributed by atoms with E-state index in [9.17, 15) is 0 Å². The number of allylic oxidation sites excluding steroid dienone is 2. The Morgan fingerprint density at radius 1 is 1.36 bits per heavy atom. The molecule has 4 nitrogen and oxygen atoms in total. The standard InChI is InChI=1S/C17H19ClN4/c1-7-12-13(18)14(20-21(12)6)15-10(2)8-11(3)16-19-17(4,5)9-22(15)16/h1,8H,9H2,2-6H3. The highest BCUT2D eigenvalue weighted by atomic mass is 35.5. The molecule has 0 saturated heterocycles. The SMILES string of the molecule is C#Cc1c(Cl)c(C2=C(C)C=C(C)C3=NC(C)(C)CN32)nn1C. The predicted octanol–water partition coefficient (Wildman–Crippen LogP) is 3.24. The van der Waals surface area contributed by atoms with Crippen molar-refractivity contribution < 1.29 is 0 Å². The smallest absolute Gasteiger partial charge is 0.131 e. The van der Waals surface area contributed by atoms with Crippen molar-refractivity contribution in [3.63, 3.8) is 0 Å². The number of hydrogen-bond donors (Lipinski definition) is 0. The molecule has 0 atom stereocenters. The number of hydrogen-bond acceptors (Lipinski definition) is 3. The van der Waals surface area contributed by atoms with Gasteiger partial charge in [0.1, 0.15) is 22.2 Å². The first-order valence-electron chi connectivity index (χ1n) is 7.21. The number of halogens is 1. The van der Waals surface area contributed by atoms with Crippen LogP contribution in [0, 0.1) is 12.3 Å². The summed E-state index contributed by atoms with van der Waals surface area (Å²) in [6.07, 6.45) is 7.67. The Labute approximate surface area is 136 Å². The van der Waals surface area contributed by atoms with Crippen LogP contribution in [0.1, 0.15) is 39.1 Å². The number of aliphatic imine (C=N–C) groups is 1. The third-order valence-electron chi connectivity index (χ3n) is 3.99. The summed E-state index contributed by atoms with van der Waals surface area (Å²) in [4.78, 5) is 7.04.